The van der Waals surface area contributed by atoms with E-state index in [2.05, 4.69) is 15.7 Å². The van der Waals surface area contributed by atoms with Gasteiger partial charge in [0.25, 0.3) is 0 Å². The third kappa shape index (κ3) is 3.76. The highest BCUT2D eigenvalue weighted by Crippen LogP contribution is 2.36. The number of nitrogens with one attached hydrogen (secondary N) is 1. The van der Waals surface area contributed by atoms with Crippen LogP contribution in [0.2, 0.25) is 0 Å². The Hall–Kier alpha value is -1.63. The highest BCUT2D eigenvalue weighted by atomic mass is 32.1. The molecular weight excluding hydrogens is 300 g/mol. The van der Waals surface area contributed by atoms with E-state index in [4.69, 9.17) is 14.2 Å². The monoisotopic (exact) mass is 320 g/mol. The van der Waals surface area contributed by atoms with Crippen molar-refractivity contribution >= 4 is 11.3 Å². The fraction of sp³-hybridized carbons (Fsp3) is 0.438. The topological polar surface area (TPSA) is 52.6 Å². The molecule has 0 amide bonds. The molecule has 2 aromatic rings. The summed E-state index contributed by atoms with van der Waals surface area (Å²) in [4.78, 5) is 4.67. The molecule has 2 heterocycles. The van der Waals surface area contributed by atoms with Crippen molar-refractivity contribution in [1.82, 2.24) is 10.3 Å². The van der Waals surface area contributed by atoms with Crippen LogP contribution in [0, 0.1) is 0 Å². The van der Waals surface area contributed by atoms with Crippen molar-refractivity contribution in [3.8, 4) is 22.1 Å². The van der Waals surface area contributed by atoms with Crippen molar-refractivity contribution in [2.24, 2.45) is 0 Å². The van der Waals surface area contributed by atoms with Crippen LogP contribution in [0.1, 0.15) is 19.0 Å². The maximum Gasteiger partial charge on any atom is 0.231 e. The summed E-state index contributed by atoms with van der Waals surface area (Å²) in [5.74, 6) is 1.60. The minimum atomic E-state index is 0.299. The summed E-state index contributed by atoms with van der Waals surface area (Å²) >= 11 is 1.65. The zero-order valence-corrected chi connectivity index (χ0v) is 13.4. The molecule has 22 heavy (non-hydrogen) atoms. The van der Waals surface area contributed by atoms with Crippen LogP contribution in [0.3, 0.4) is 0 Å². The van der Waals surface area contributed by atoms with Gasteiger partial charge in [-0.3, -0.25) is 0 Å². The molecule has 1 aromatic carbocycles. The van der Waals surface area contributed by atoms with E-state index in [9.17, 15) is 0 Å². The van der Waals surface area contributed by atoms with Gasteiger partial charge in [-0.25, -0.2) is 4.98 Å². The van der Waals surface area contributed by atoms with Gasteiger partial charge in [0, 0.05) is 30.7 Å². The molecule has 0 fully saturated rings. The lowest BCUT2D eigenvalue weighted by atomic mass is 10.2. The van der Waals surface area contributed by atoms with Crippen molar-refractivity contribution in [3.63, 3.8) is 0 Å². The molecule has 1 aliphatic rings. The molecule has 5 nitrogen and oxygen atoms in total. The van der Waals surface area contributed by atoms with Crippen LogP contribution in [-0.4, -0.2) is 31.5 Å². The second-order valence-corrected chi connectivity index (χ2v) is 5.80. The van der Waals surface area contributed by atoms with Crippen LogP contribution in [-0.2, 0) is 11.3 Å². The summed E-state index contributed by atoms with van der Waals surface area (Å²) in [6.45, 7) is 5.63. The fourth-order valence-corrected chi connectivity index (χ4v) is 3.03. The number of rotatable bonds is 8. The van der Waals surface area contributed by atoms with Gasteiger partial charge in [0.2, 0.25) is 6.79 Å². The predicted molar refractivity (Wildman–Crippen MR) is 86.5 cm³/mol. The number of benzene rings is 1. The SMILES string of the molecule is CCOCCCNCc1csc(-c2ccc3c(c2)OCO3)n1. The van der Waals surface area contributed by atoms with Crippen molar-refractivity contribution in [3.05, 3.63) is 29.3 Å². The Bertz CT molecular complexity index is 615. The van der Waals surface area contributed by atoms with Gasteiger partial charge in [0.1, 0.15) is 5.01 Å². The van der Waals surface area contributed by atoms with E-state index >= 15 is 0 Å². The normalized spacial score (nSPS) is 12.8. The second kappa shape index (κ2) is 7.58. The van der Waals surface area contributed by atoms with E-state index in [1.165, 1.54) is 0 Å². The molecule has 1 aromatic heterocycles. The van der Waals surface area contributed by atoms with Crippen molar-refractivity contribution in [2.45, 2.75) is 19.9 Å². The Kier molecular flexibility index (Phi) is 5.26. The quantitative estimate of drug-likeness (QED) is 0.758. The van der Waals surface area contributed by atoms with Crippen LogP contribution >= 0.6 is 11.3 Å². The van der Waals surface area contributed by atoms with Gasteiger partial charge in [0.15, 0.2) is 11.5 Å². The summed E-state index contributed by atoms with van der Waals surface area (Å²) in [7, 11) is 0. The van der Waals surface area contributed by atoms with Gasteiger partial charge in [0.05, 0.1) is 5.69 Å². The molecule has 3 rings (SSSR count). The molecule has 118 valence electrons. The molecule has 1 aliphatic heterocycles. The number of aromatic nitrogens is 1. The Morgan fingerprint density at radius 3 is 3.14 bits per heavy atom. The number of nitrogens with zero attached hydrogens (tertiary/aromatic N) is 1. The van der Waals surface area contributed by atoms with Crippen LogP contribution < -0.4 is 14.8 Å². The van der Waals surface area contributed by atoms with E-state index < -0.39 is 0 Å². The second-order valence-electron chi connectivity index (χ2n) is 4.94. The highest BCUT2D eigenvalue weighted by Gasteiger charge is 2.15. The maximum atomic E-state index is 5.41. The molecule has 1 N–H and O–H groups in total. The average Bonchev–Trinajstić information content (AvgIpc) is 3.18. The molecular formula is C16H20N2O3S. The Morgan fingerprint density at radius 2 is 2.23 bits per heavy atom. The lowest BCUT2D eigenvalue weighted by Crippen LogP contribution is -2.16. The number of hydrogen-bond acceptors (Lipinski definition) is 6. The van der Waals surface area contributed by atoms with Gasteiger partial charge >= 0.3 is 0 Å². The number of ether oxygens (including phenoxy) is 3. The standard InChI is InChI=1S/C16H20N2O3S/c1-2-19-7-3-6-17-9-13-10-22-16(18-13)12-4-5-14-15(8-12)21-11-20-14/h4-5,8,10,17H,2-3,6-7,9,11H2,1H3. The van der Waals surface area contributed by atoms with E-state index in [1.54, 1.807) is 11.3 Å². The van der Waals surface area contributed by atoms with Crippen molar-refractivity contribution in [1.29, 1.82) is 0 Å². The van der Waals surface area contributed by atoms with Crippen molar-refractivity contribution in [2.75, 3.05) is 26.6 Å². The minimum absolute atomic E-state index is 0.299. The molecule has 0 radical (unpaired) electrons. The Balaban J connectivity index is 1.53. The van der Waals surface area contributed by atoms with E-state index in [0.717, 1.165) is 60.5 Å². The first kappa shape index (κ1) is 15.3. The average molecular weight is 320 g/mol. The Labute approximate surface area is 134 Å². The lowest BCUT2D eigenvalue weighted by molar-refractivity contribution is 0.144. The van der Waals surface area contributed by atoms with E-state index in [-0.39, 0.29) is 0 Å². The summed E-state index contributed by atoms with van der Waals surface area (Å²) in [6.07, 6.45) is 1.02. The van der Waals surface area contributed by atoms with Gasteiger partial charge < -0.3 is 19.5 Å². The van der Waals surface area contributed by atoms with Crippen molar-refractivity contribution < 1.29 is 14.2 Å². The van der Waals surface area contributed by atoms with Crippen LogP contribution in [0.25, 0.3) is 10.6 Å². The molecule has 0 aliphatic carbocycles. The smallest absolute Gasteiger partial charge is 0.231 e. The molecule has 0 spiro atoms. The summed E-state index contributed by atoms with van der Waals surface area (Å²) in [5.41, 5.74) is 2.13. The summed E-state index contributed by atoms with van der Waals surface area (Å²) in [6, 6.07) is 5.94. The molecule has 0 unspecified atom stereocenters. The Morgan fingerprint density at radius 1 is 1.32 bits per heavy atom. The molecule has 0 saturated heterocycles. The van der Waals surface area contributed by atoms with Crippen LogP contribution in [0.15, 0.2) is 23.6 Å². The highest BCUT2D eigenvalue weighted by molar-refractivity contribution is 7.13. The minimum Gasteiger partial charge on any atom is -0.454 e. The van der Waals surface area contributed by atoms with Gasteiger partial charge in [-0.1, -0.05) is 0 Å². The zero-order valence-electron chi connectivity index (χ0n) is 12.6. The van der Waals surface area contributed by atoms with Gasteiger partial charge in [-0.05, 0) is 38.1 Å². The van der Waals surface area contributed by atoms with Gasteiger partial charge in [-0.2, -0.15) is 0 Å². The maximum absolute atomic E-state index is 5.41. The first-order chi connectivity index (χ1) is 10.9. The first-order valence-electron chi connectivity index (χ1n) is 7.49. The number of fused-ring (bicyclic) bond motifs is 1. The molecule has 0 atom stereocenters. The van der Waals surface area contributed by atoms with Crippen LogP contribution in [0.4, 0.5) is 0 Å². The summed E-state index contributed by atoms with van der Waals surface area (Å²) in [5, 5.41) is 6.48. The fourth-order valence-electron chi connectivity index (χ4n) is 2.21. The third-order valence-electron chi connectivity index (χ3n) is 3.32. The van der Waals surface area contributed by atoms with E-state index in [0.29, 0.717) is 6.79 Å². The predicted octanol–water partition coefficient (Wildman–Crippen LogP) is 3.06. The van der Waals surface area contributed by atoms with Gasteiger partial charge in [-0.15, -0.1) is 11.3 Å². The lowest BCUT2D eigenvalue weighted by Gasteiger charge is -2.03. The molecule has 0 saturated carbocycles. The zero-order chi connectivity index (χ0) is 15.2. The molecule has 6 heteroatoms. The van der Waals surface area contributed by atoms with Crippen LogP contribution in [0.5, 0.6) is 11.5 Å². The first-order valence-corrected chi connectivity index (χ1v) is 8.37. The third-order valence-corrected chi connectivity index (χ3v) is 4.26. The summed E-state index contributed by atoms with van der Waals surface area (Å²) < 4.78 is 16.0. The van der Waals surface area contributed by atoms with E-state index in [1.807, 2.05) is 25.1 Å². The molecule has 0 bridgehead atoms. The number of thiazole rings is 1. The number of hydrogen-bond donors (Lipinski definition) is 1. The largest absolute Gasteiger partial charge is 0.454 e.